The van der Waals surface area contributed by atoms with Gasteiger partial charge in [-0.25, -0.2) is 0 Å². The van der Waals surface area contributed by atoms with Gasteiger partial charge in [0.25, 0.3) is 0 Å². The molecule has 3 rings (SSSR count). The van der Waals surface area contributed by atoms with E-state index in [0.717, 1.165) is 29.2 Å². The smallest absolute Gasteiger partial charge is 0.237 e. The predicted octanol–water partition coefficient (Wildman–Crippen LogP) is 1.51. The summed E-state index contributed by atoms with van der Waals surface area (Å²) < 4.78 is 5.26. The maximum absolute atomic E-state index is 11.2. The molecule has 18 heavy (non-hydrogen) atoms. The van der Waals surface area contributed by atoms with Gasteiger partial charge < -0.3 is 10.3 Å². The Morgan fingerprint density at radius 1 is 1.61 bits per heavy atom. The molecule has 0 radical (unpaired) electrons. The number of amides is 1. The highest BCUT2D eigenvalue weighted by Crippen LogP contribution is 2.35. The third-order valence-corrected chi connectivity index (χ3v) is 4.04. The second-order valence-corrected chi connectivity index (χ2v) is 5.41. The summed E-state index contributed by atoms with van der Waals surface area (Å²) in [6.45, 7) is 0.498. The van der Waals surface area contributed by atoms with E-state index in [9.17, 15) is 4.79 Å². The van der Waals surface area contributed by atoms with Crippen molar-refractivity contribution in [2.24, 2.45) is 5.73 Å². The number of rotatable bonds is 5. The van der Waals surface area contributed by atoms with Crippen LogP contribution in [-0.4, -0.2) is 16.6 Å². The number of carbonyl (C=O) groups excluding carboxylic acids is 1. The summed E-state index contributed by atoms with van der Waals surface area (Å²) in [6.07, 6.45) is 1.61. The molecule has 94 valence electrons. The first-order chi connectivity index (χ1) is 8.70. The Hall–Kier alpha value is -1.66. The molecule has 2 aromatic heterocycles. The average molecular weight is 263 g/mol. The molecular weight excluding hydrogens is 250 g/mol. The molecule has 0 atom stereocenters. The Morgan fingerprint density at radius 2 is 2.44 bits per heavy atom. The molecule has 1 saturated carbocycles. The molecule has 0 aromatic carbocycles. The van der Waals surface area contributed by atoms with Crippen LogP contribution in [0.25, 0.3) is 10.6 Å². The number of nitrogens with one attached hydrogen (secondary N) is 1. The second kappa shape index (κ2) is 4.22. The molecule has 0 unspecified atom stereocenters. The molecule has 0 bridgehead atoms. The van der Waals surface area contributed by atoms with Crippen molar-refractivity contribution in [3.05, 3.63) is 29.3 Å². The van der Waals surface area contributed by atoms with E-state index in [1.807, 2.05) is 23.6 Å². The minimum Gasteiger partial charge on any atom is -0.368 e. The number of nitrogens with zero attached hydrogens (tertiary/aromatic N) is 1. The molecule has 2 heterocycles. The van der Waals surface area contributed by atoms with Crippen molar-refractivity contribution in [2.75, 3.05) is 0 Å². The van der Waals surface area contributed by atoms with Crippen LogP contribution in [0.15, 0.2) is 28.1 Å². The zero-order valence-corrected chi connectivity index (χ0v) is 10.5. The van der Waals surface area contributed by atoms with Crippen LogP contribution >= 0.6 is 11.3 Å². The molecule has 1 aliphatic carbocycles. The fraction of sp³-hybridized carbons (Fsp3) is 0.333. The SMILES string of the molecule is NC(=O)C1(NCc2cc(-c3cccs3)on2)CC1. The van der Waals surface area contributed by atoms with Gasteiger partial charge in [-0.1, -0.05) is 11.2 Å². The van der Waals surface area contributed by atoms with E-state index in [1.54, 1.807) is 11.3 Å². The van der Waals surface area contributed by atoms with Gasteiger partial charge in [0, 0.05) is 12.6 Å². The number of aromatic nitrogens is 1. The third-order valence-electron chi connectivity index (χ3n) is 3.15. The lowest BCUT2D eigenvalue weighted by molar-refractivity contribution is -0.121. The highest BCUT2D eigenvalue weighted by molar-refractivity contribution is 7.13. The molecule has 1 aliphatic rings. The van der Waals surface area contributed by atoms with Gasteiger partial charge in [0.2, 0.25) is 5.91 Å². The summed E-state index contributed by atoms with van der Waals surface area (Å²) in [5.74, 6) is 0.468. The second-order valence-electron chi connectivity index (χ2n) is 4.46. The minimum absolute atomic E-state index is 0.288. The third kappa shape index (κ3) is 2.04. The average Bonchev–Trinajstić information content (AvgIpc) is 2.81. The Balaban J connectivity index is 1.66. The van der Waals surface area contributed by atoms with Gasteiger partial charge >= 0.3 is 0 Å². The molecule has 0 saturated heterocycles. The molecule has 0 spiro atoms. The number of primary amides is 1. The van der Waals surface area contributed by atoms with Crippen molar-refractivity contribution in [2.45, 2.75) is 24.9 Å². The van der Waals surface area contributed by atoms with Gasteiger partial charge in [-0.05, 0) is 24.3 Å². The lowest BCUT2D eigenvalue weighted by atomic mass is 10.2. The molecule has 0 aliphatic heterocycles. The molecule has 5 nitrogen and oxygen atoms in total. The van der Waals surface area contributed by atoms with Crippen LogP contribution < -0.4 is 11.1 Å². The Morgan fingerprint density at radius 3 is 3.06 bits per heavy atom. The Kier molecular flexibility index (Phi) is 2.68. The van der Waals surface area contributed by atoms with E-state index in [0.29, 0.717) is 6.54 Å². The molecular formula is C12H13N3O2S. The van der Waals surface area contributed by atoms with Crippen molar-refractivity contribution >= 4 is 17.2 Å². The van der Waals surface area contributed by atoms with Crippen LogP contribution in [0, 0.1) is 0 Å². The first kappa shape index (κ1) is 11.4. The van der Waals surface area contributed by atoms with Crippen molar-refractivity contribution < 1.29 is 9.32 Å². The van der Waals surface area contributed by atoms with E-state index < -0.39 is 5.54 Å². The maximum atomic E-state index is 11.2. The van der Waals surface area contributed by atoms with E-state index in [2.05, 4.69) is 10.5 Å². The molecule has 6 heteroatoms. The normalized spacial score (nSPS) is 16.7. The zero-order chi connectivity index (χ0) is 12.6. The molecule has 3 N–H and O–H groups in total. The number of carbonyl (C=O) groups is 1. The maximum Gasteiger partial charge on any atom is 0.237 e. The van der Waals surface area contributed by atoms with Crippen molar-refractivity contribution in [1.29, 1.82) is 0 Å². The van der Waals surface area contributed by atoms with E-state index in [1.165, 1.54) is 0 Å². The van der Waals surface area contributed by atoms with E-state index in [4.69, 9.17) is 10.3 Å². The van der Waals surface area contributed by atoms with Gasteiger partial charge in [-0.3, -0.25) is 10.1 Å². The molecule has 2 aromatic rings. The summed E-state index contributed by atoms with van der Waals surface area (Å²) in [6, 6.07) is 5.83. The van der Waals surface area contributed by atoms with Gasteiger partial charge in [-0.2, -0.15) is 0 Å². The minimum atomic E-state index is -0.512. The lowest BCUT2D eigenvalue weighted by Crippen LogP contribution is -2.43. The Bertz CT molecular complexity index is 558. The largest absolute Gasteiger partial charge is 0.368 e. The van der Waals surface area contributed by atoms with Crippen LogP contribution in [-0.2, 0) is 11.3 Å². The summed E-state index contributed by atoms with van der Waals surface area (Å²) in [5, 5.41) is 9.12. The van der Waals surface area contributed by atoms with Crippen molar-refractivity contribution in [3.8, 4) is 10.6 Å². The number of thiophene rings is 1. The van der Waals surface area contributed by atoms with Crippen LogP contribution in [0.1, 0.15) is 18.5 Å². The first-order valence-corrected chi connectivity index (χ1v) is 6.62. The topological polar surface area (TPSA) is 81.2 Å². The first-order valence-electron chi connectivity index (χ1n) is 5.74. The standard InChI is InChI=1S/C12H13N3O2S/c13-11(16)12(3-4-12)14-7-8-6-9(17-15-8)10-2-1-5-18-10/h1-2,5-6,14H,3-4,7H2,(H2,13,16). The highest BCUT2D eigenvalue weighted by Gasteiger charge is 2.48. The quantitative estimate of drug-likeness (QED) is 0.856. The monoisotopic (exact) mass is 263 g/mol. The van der Waals surface area contributed by atoms with E-state index >= 15 is 0 Å². The number of hydrogen-bond acceptors (Lipinski definition) is 5. The van der Waals surface area contributed by atoms with Crippen LogP contribution in [0.4, 0.5) is 0 Å². The molecule has 1 fully saturated rings. The van der Waals surface area contributed by atoms with Crippen LogP contribution in [0.5, 0.6) is 0 Å². The van der Waals surface area contributed by atoms with Crippen molar-refractivity contribution in [1.82, 2.24) is 10.5 Å². The summed E-state index contributed by atoms with van der Waals surface area (Å²) in [7, 11) is 0. The highest BCUT2D eigenvalue weighted by atomic mass is 32.1. The van der Waals surface area contributed by atoms with Gasteiger partial charge in [0.1, 0.15) is 0 Å². The summed E-state index contributed by atoms with van der Waals surface area (Å²) in [4.78, 5) is 12.3. The van der Waals surface area contributed by atoms with Crippen molar-refractivity contribution in [3.63, 3.8) is 0 Å². The fourth-order valence-corrected chi connectivity index (χ4v) is 2.50. The molecule has 1 amide bonds. The van der Waals surface area contributed by atoms with Gasteiger partial charge in [-0.15, -0.1) is 11.3 Å². The predicted molar refractivity (Wildman–Crippen MR) is 67.8 cm³/mol. The number of nitrogens with two attached hydrogens (primary N) is 1. The lowest BCUT2D eigenvalue weighted by Gasteiger charge is -2.11. The zero-order valence-electron chi connectivity index (χ0n) is 9.68. The number of hydrogen-bond donors (Lipinski definition) is 2. The fourth-order valence-electron chi connectivity index (χ4n) is 1.83. The van der Waals surface area contributed by atoms with Gasteiger partial charge in [0.15, 0.2) is 5.76 Å². The summed E-state index contributed by atoms with van der Waals surface area (Å²) in [5.41, 5.74) is 5.61. The van der Waals surface area contributed by atoms with E-state index in [-0.39, 0.29) is 5.91 Å². The van der Waals surface area contributed by atoms with Crippen LogP contribution in [0.3, 0.4) is 0 Å². The summed E-state index contributed by atoms with van der Waals surface area (Å²) >= 11 is 1.60. The van der Waals surface area contributed by atoms with Crippen LogP contribution in [0.2, 0.25) is 0 Å². The van der Waals surface area contributed by atoms with Gasteiger partial charge in [0.05, 0.1) is 16.1 Å². The Labute approximate surface area is 108 Å².